The van der Waals surface area contributed by atoms with Crippen molar-refractivity contribution in [2.24, 2.45) is 5.92 Å². The number of terminal acetylenes is 1. The molecule has 0 aromatic rings. The third-order valence-corrected chi connectivity index (χ3v) is 3.45. The van der Waals surface area contributed by atoms with Gasteiger partial charge in [-0.25, -0.2) is 0 Å². The minimum atomic E-state index is -1.24. The SMILES string of the molecule is C#CCCC(=O)NC1C(O)[C@H](O)C(CO)O[C@H]1C(C)C. The van der Waals surface area contributed by atoms with Gasteiger partial charge in [-0.05, 0) is 5.92 Å². The number of aliphatic hydroxyl groups excluding tert-OH is 3. The van der Waals surface area contributed by atoms with Crippen molar-refractivity contribution in [2.45, 2.75) is 57.1 Å². The van der Waals surface area contributed by atoms with Gasteiger partial charge in [0.15, 0.2) is 0 Å². The summed E-state index contributed by atoms with van der Waals surface area (Å²) in [6, 6.07) is -0.724. The Balaban J connectivity index is 2.78. The first kappa shape index (κ1) is 16.9. The highest BCUT2D eigenvalue weighted by Gasteiger charge is 2.45. The van der Waals surface area contributed by atoms with E-state index in [-0.39, 0.29) is 24.9 Å². The number of hydrogen-bond donors (Lipinski definition) is 4. The van der Waals surface area contributed by atoms with Gasteiger partial charge in [-0.15, -0.1) is 12.3 Å². The van der Waals surface area contributed by atoms with E-state index >= 15 is 0 Å². The van der Waals surface area contributed by atoms with Crippen molar-refractivity contribution < 1.29 is 24.9 Å². The third-order valence-electron chi connectivity index (χ3n) is 3.45. The van der Waals surface area contributed by atoms with Crippen LogP contribution in [-0.2, 0) is 9.53 Å². The Kier molecular flexibility index (Phi) is 6.43. The summed E-state index contributed by atoms with van der Waals surface area (Å²) in [5.74, 6) is 2.08. The molecular weight excluding hydrogens is 262 g/mol. The second-order valence-corrected chi connectivity index (χ2v) is 5.34. The van der Waals surface area contributed by atoms with Crippen LogP contribution in [0.1, 0.15) is 26.7 Å². The first-order valence-electron chi connectivity index (χ1n) is 6.77. The van der Waals surface area contributed by atoms with Crippen LogP contribution in [-0.4, -0.2) is 58.3 Å². The molecule has 1 fully saturated rings. The lowest BCUT2D eigenvalue weighted by atomic mass is 9.87. The van der Waals surface area contributed by atoms with Crippen LogP contribution in [0, 0.1) is 18.3 Å². The van der Waals surface area contributed by atoms with E-state index in [2.05, 4.69) is 11.2 Å². The topological polar surface area (TPSA) is 99.0 Å². The third kappa shape index (κ3) is 3.93. The van der Waals surface area contributed by atoms with Gasteiger partial charge in [0, 0.05) is 12.8 Å². The Morgan fingerprint density at radius 2 is 2.05 bits per heavy atom. The molecular formula is C14H23NO5. The lowest BCUT2D eigenvalue weighted by Crippen LogP contribution is -2.65. The maximum atomic E-state index is 11.7. The summed E-state index contributed by atoms with van der Waals surface area (Å²) in [7, 11) is 0. The lowest BCUT2D eigenvalue weighted by molar-refractivity contribution is -0.204. The Hall–Kier alpha value is -1.13. The molecule has 1 heterocycles. The normalized spacial score (nSPS) is 33.8. The Morgan fingerprint density at radius 1 is 1.40 bits per heavy atom. The molecule has 0 saturated carbocycles. The van der Waals surface area contributed by atoms with Crippen molar-refractivity contribution in [1.82, 2.24) is 5.32 Å². The van der Waals surface area contributed by atoms with Crippen molar-refractivity contribution in [3.8, 4) is 12.3 Å². The van der Waals surface area contributed by atoms with Crippen molar-refractivity contribution in [2.75, 3.05) is 6.61 Å². The van der Waals surface area contributed by atoms with Crippen molar-refractivity contribution >= 4 is 5.91 Å². The second-order valence-electron chi connectivity index (χ2n) is 5.34. The van der Waals surface area contributed by atoms with Crippen LogP contribution in [0.3, 0.4) is 0 Å². The number of carbonyl (C=O) groups is 1. The van der Waals surface area contributed by atoms with Crippen molar-refractivity contribution in [3.63, 3.8) is 0 Å². The molecule has 1 aliphatic rings. The van der Waals surface area contributed by atoms with E-state index in [4.69, 9.17) is 16.3 Å². The molecule has 6 heteroatoms. The summed E-state index contributed by atoms with van der Waals surface area (Å²) in [6.45, 7) is 3.37. The molecule has 4 N–H and O–H groups in total. The fraction of sp³-hybridized carbons (Fsp3) is 0.786. The lowest BCUT2D eigenvalue weighted by Gasteiger charge is -2.44. The highest BCUT2D eigenvalue weighted by molar-refractivity contribution is 5.76. The van der Waals surface area contributed by atoms with Crippen LogP contribution in [0.25, 0.3) is 0 Å². The molecule has 1 aliphatic heterocycles. The molecule has 5 atom stereocenters. The quantitative estimate of drug-likeness (QED) is 0.487. The summed E-state index contributed by atoms with van der Waals surface area (Å²) in [6.07, 6.45) is 1.79. The molecule has 20 heavy (non-hydrogen) atoms. The fourth-order valence-electron chi connectivity index (χ4n) is 2.33. The highest BCUT2D eigenvalue weighted by Crippen LogP contribution is 2.25. The summed E-state index contributed by atoms with van der Waals surface area (Å²) in [5.41, 5.74) is 0. The zero-order valence-electron chi connectivity index (χ0n) is 11.8. The molecule has 114 valence electrons. The molecule has 0 aliphatic carbocycles. The Labute approximate surface area is 119 Å². The second kappa shape index (κ2) is 7.60. The summed E-state index contributed by atoms with van der Waals surface area (Å²) < 4.78 is 5.58. The Bertz CT molecular complexity index is 365. The van der Waals surface area contributed by atoms with Gasteiger partial charge in [0.25, 0.3) is 0 Å². The monoisotopic (exact) mass is 285 g/mol. The van der Waals surface area contributed by atoms with Crippen LogP contribution in [0.15, 0.2) is 0 Å². The van der Waals surface area contributed by atoms with Gasteiger partial charge in [-0.3, -0.25) is 4.79 Å². The zero-order valence-corrected chi connectivity index (χ0v) is 11.8. The van der Waals surface area contributed by atoms with E-state index in [1.807, 2.05) is 13.8 Å². The molecule has 1 amide bonds. The van der Waals surface area contributed by atoms with E-state index in [0.717, 1.165) is 0 Å². The molecule has 0 aromatic heterocycles. The standard InChI is InChI=1S/C14H23NO5/c1-4-5-6-10(17)15-11-13(19)12(18)9(7-16)20-14(11)8(2)3/h1,8-9,11-14,16,18-19H,5-7H2,2-3H3,(H,15,17)/t9?,11?,12-,13?,14+/m1/s1. The first-order chi connectivity index (χ1) is 9.42. The molecule has 1 saturated heterocycles. The number of carbonyl (C=O) groups excluding carboxylic acids is 1. The van der Waals surface area contributed by atoms with Gasteiger partial charge in [0.05, 0.1) is 18.8 Å². The smallest absolute Gasteiger partial charge is 0.221 e. The summed E-state index contributed by atoms with van der Waals surface area (Å²) in [4.78, 5) is 11.7. The number of amides is 1. The van der Waals surface area contributed by atoms with Crippen LogP contribution >= 0.6 is 0 Å². The predicted octanol–water partition coefficient (Wildman–Crippen LogP) is -0.978. The van der Waals surface area contributed by atoms with Gasteiger partial charge in [-0.1, -0.05) is 13.8 Å². The molecule has 0 bridgehead atoms. The maximum Gasteiger partial charge on any atom is 0.221 e. The van der Waals surface area contributed by atoms with E-state index in [1.165, 1.54) is 0 Å². The zero-order chi connectivity index (χ0) is 15.3. The molecule has 3 unspecified atom stereocenters. The van der Waals surface area contributed by atoms with E-state index in [1.54, 1.807) is 0 Å². The minimum absolute atomic E-state index is 0.00383. The van der Waals surface area contributed by atoms with Crippen LogP contribution in [0.2, 0.25) is 0 Å². The van der Waals surface area contributed by atoms with Crippen LogP contribution in [0.5, 0.6) is 0 Å². The average Bonchev–Trinajstić information content (AvgIpc) is 2.41. The Morgan fingerprint density at radius 3 is 2.55 bits per heavy atom. The van der Waals surface area contributed by atoms with Gasteiger partial charge >= 0.3 is 0 Å². The maximum absolute atomic E-state index is 11.7. The number of rotatable bonds is 5. The highest BCUT2D eigenvalue weighted by atomic mass is 16.5. The average molecular weight is 285 g/mol. The number of aliphatic hydroxyl groups is 3. The molecule has 0 radical (unpaired) electrons. The number of ether oxygens (including phenoxy) is 1. The summed E-state index contributed by atoms with van der Waals surface area (Å²) in [5, 5.41) is 31.8. The summed E-state index contributed by atoms with van der Waals surface area (Å²) >= 11 is 0. The van der Waals surface area contributed by atoms with E-state index in [0.29, 0.717) is 6.42 Å². The van der Waals surface area contributed by atoms with Crippen LogP contribution < -0.4 is 5.32 Å². The van der Waals surface area contributed by atoms with Gasteiger partial charge in [0.2, 0.25) is 5.91 Å². The minimum Gasteiger partial charge on any atom is -0.394 e. The van der Waals surface area contributed by atoms with Gasteiger partial charge < -0.3 is 25.4 Å². The number of hydrogen-bond acceptors (Lipinski definition) is 5. The van der Waals surface area contributed by atoms with Gasteiger partial charge in [0.1, 0.15) is 18.3 Å². The van der Waals surface area contributed by atoms with Crippen molar-refractivity contribution in [1.29, 1.82) is 0 Å². The molecule has 6 nitrogen and oxygen atoms in total. The molecule has 0 spiro atoms. The van der Waals surface area contributed by atoms with E-state index in [9.17, 15) is 15.0 Å². The predicted molar refractivity (Wildman–Crippen MR) is 72.6 cm³/mol. The fourth-order valence-corrected chi connectivity index (χ4v) is 2.33. The first-order valence-corrected chi connectivity index (χ1v) is 6.77. The largest absolute Gasteiger partial charge is 0.394 e. The molecule has 0 aromatic carbocycles. The van der Waals surface area contributed by atoms with Gasteiger partial charge in [-0.2, -0.15) is 0 Å². The van der Waals surface area contributed by atoms with Crippen LogP contribution in [0.4, 0.5) is 0 Å². The number of nitrogens with one attached hydrogen (secondary N) is 1. The molecule has 1 rings (SSSR count). The van der Waals surface area contributed by atoms with E-state index < -0.39 is 30.5 Å². The van der Waals surface area contributed by atoms with Crippen molar-refractivity contribution in [3.05, 3.63) is 0 Å².